The fourth-order valence-corrected chi connectivity index (χ4v) is 5.80. The second-order valence-electron chi connectivity index (χ2n) is 12.4. The number of fused-ring (bicyclic) bond motifs is 1. The normalized spacial score (nSPS) is 12.5. The third kappa shape index (κ3) is 6.08. The van der Waals surface area contributed by atoms with Gasteiger partial charge in [0, 0.05) is 18.0 Å². The molecule has 0 aromatic heterocycles. The second kappa shape index (κ2) is 12.6. The van der Waals surface area contributed by atoms with Crippen molar-refractivity contribution in [3.63, 3.8) is 0 Å². The largest absolute Gasteiger partial charge is 0.457 e. The molecular formula is C40H34N2O6. The van der Waals surface area contributed by atoms with Crippen LogP contribution in [0.1, 0.15) is 67.2 Å². The average Bonchev–Trinajstić information content (AvgIpc) is 3.28. The van der Waals surface area contributed by atoms with E-state index in [0.29, 0.717) is 57.3 Å². The van der Waals surface area contributed by atoms with Crippen LogP contribution in [0.25, 0.3) is 0 Å². The van der Waals surface area contributed by atoms with E-state index in [2.05, 4.69) is 13.8 Å². The predicted octanol–water partition coefficient (Wildman–Crippen LogP) is 8.24. The van der Waals surface area contributed by atoms with Crippen molar-refractivity contribution in [2.75, 3.05) is 11.9 Å². The first-order valence-electron chi connectivity index (χ1n) is 15.5. The van der Waals surface area contributed by atoms with Crippen molar-refractivity contribution in [1.82, 2.24) is 4.90 Å². The number of hydrogen-bond acceptors (Lipinski definition) is 6. The summed E-state index contributed by atoms with van der Waals surface area (Å²) >= 11 is 0. The van der Waals surface area contributed by atoms with Crippen LogP contribution in [0.15, 0.2) is 109 Å². The van der Waals surface area contributed by atoms with E-state index < -0.39 is 5.91 Å². The fraction of sp³-hybridized carbons (Fsp3) is 0.150. The molecule has 6 rings (SSSR count). The zero-order chi connectivity index (χ0) is 34.2. The maximum Gasteiger partial charge on any atom is 0.265 e. The molecule has 4 amide bonds. The number of hydrogen-bond donors (Lipinski definition) is 0. The number of amides is 4. The lowest BCUT2D eigenvalue weighted by Crippen LogP contribution is -2.30. The zero-order valence-corrected chi connectivity index (χ0v) is 27.3. The Hall–Kier alpha value is -6.02. The summed E-state index contributed by atoms with van der Waals surface area (Å²) in [6, 6.07) is 33.0. The predicted molar refractivity (Wildman–Crippen MR) is 183 cm³/mol. The molecular weight excluding hydrogens is 604 g/mol. The van der Waals surface area contributed by atoms with E-state index in [1.807, 2.05) is 74.5 Å². The molecule has 0 radical (unpaired) electrons. The van der Waals surface area contributed by atoms with Crippen molar-refractivity contribution in [3.05, 3.63) is 148 Å². The number of rotatable bonds is 9. The van der Waals surface area contributed by atoms with Crippen LogP contribution < -0.4 is 14.4 Å². The van der Waals surface area contributed by atoms with Gasteiger partial charge < -0.3 is 9.47 Å². The molecule has 0 saturated carbocycles. The average molecular weight is 639 g/mol. The molecule has 8 nitrogen and oxygen atoms in total. The number of ether oxygens (including phenoxy) is 2. The summed E-state index contributed by atoms with van der Waals surface area (Å²) in [6.45, 7) is 7.99. The minimum atomic E-state index is -0.406. The van der Waals surface area contributed by atoms with Gasteiger partial charge in [0.05, 0.1) is 16.8 Å². The molecule has 0 saturated heterocycles. The Morgan fingerprint density at radius 2 is 1.23 bits per heavy atom. The summed E-state index contributed by atoms with van der Waals surface area (Å²) in [5, 5.41) is 0. The van der Waals surface area contributed by atoms with E-state index >= 15 is 0 Å². The summed E-state index contributed by atoms with van der Waals surface area (Å²) in [7, 11) is 1.47. The molecule has 0 spiro atoms. The van der Waals surface area contributed by atoms with Crippen LogP contribution in [-0.2, 0) is 10.2 Å². The van der Waals surface area contributed by atoms with E-state index in [9.17, 15) is 19.2 Å². The molecule has 240 valence electrons. The molecule has 0 unspecified atom stereocenters. The van der Waals surface area contributed by atoms with Crippen molar-refractivity contribution >= 4 is 29.8 Å². The van der Waals surface area contributed by atoms with Crippen LogP contribution in [0, 0.1) is 13.8 Å². The zero-order valence-electron chi connectivity index (χ0n) is 27.3. The molecule has 0 aliphatic carbocycles. The first kappa shape index (κ1) is 31.9. The van der Waals surface area contributed by atoms with E-state index in [1.165, 1.54) is 7.05 Å². The fourth-order valence-electron chi connectivity index (χ4n) is 5.80. The molecule has 1 aliphatic heterocycles. The van der Waals surface area contributed by atoms with Crippen LogP contribution in [0.3, 0.4) is 0 Å². The van der Waals surface area contributed by atoms with Gasteiger partial charge in [-0.2, -0.15) is 0 Å². The lowest BCUT2D eigenvalue weighted by Gasteiger charge is -2.26. The third-order valence-electron chi connectivity index (χ3n) is 8.72. The lowest BCUT2D eigenvalue weighted by molar-refractivity contribution is -0.106. The topological polar surface area (TPSA) is 93.2 Å². The Morgan fingerprint density at radius 3 is 1.79 bits per heavy atom. The monoisotopic (exact) mass is 638 g/mol. The SMILES string of the molecule is Cc1cccc(N(C=O)C(=O)c2ccc(Oc3ccc(C(C)(C)c4ccc(Oc5ccc6c(c5)C(=O)N(C)C6=O)cc4)cc3)cc2C)c1. The number of benzene rings is 5. The molecule has 0 N–H and O–H groups in total. The Kier molecular flexibility index (Phi) is 8.41. The van der Waals surface area contributed by atoms with Gasteiger partial charge in [-0.1, -0.05) is 50.2 Å². The highest BCUT2D eigenvalue weighted by atomic mass is 16.5. The molecule has 0 atom stereocenters. The van der Waals surface area contributed by atoms with Crippen molar-refractivity contribution in [2.24, 2.45) is 0 Å². The molecule has 5 aromatic carbocycles. The standard InChI is InChI=1S/C40H34N2O6/c1-25-7-6-8-29(21-25)42(24-43)39(46)34-19-17-32(22-26(34)2)47-30-13-9-27(10-14-30)40(3,4)28-11-15-31(16-12-28)48-33-18-20-35-36(23-33)38(45)41(5)37(35)44/h6-24H,1-5H3. The van der Waals surface area contributed by atoms with Gasteiger partial charge in [-0.3, -0.25) is 24.1 Å². The van der Waals surface area contributed by atoms with Crippen molar-refractivity contribution in [3.8, 4) is 23.0 Å². The smallest absolute Gasteiger partial charge is 0.265 e. The summed E-state index contributed by atoms with van der Waals surface area (Å²) in [5.74, 6) is 1.26. The van der Waals surface area contributed by atoms with Gasteiger partial charge in [0.25, 0.3) is 17.7 Å². The summed E-state index contributed by atoms with van der Waals surface area (Å²) in [5.41, 5.74) is 5.11. The Morgan fingerprint density at radius 1 is 0.688 bits per heavy atom. The van der Waals surface area contributed by atoms with E-state index in [-0.39, 0.29) is 17.2 Å². The first-order valence-corrected chi connectivity index (χ1v) is 15.5. The third-order valence-corrected chi connectivity index (χ3v) is 8.72. The van der Waals surface area contributed by atoms with Crippen molar-refractivity contribution < 1.29 is 28.7 Å². The number of nitrogens with zero attached hydrogens (tertiary/aromatic N) is 2. The maximum atomic E-state index is 13.2. The lowest BCUT2D eigenvalue weighted by atomic mass is 9.78. The van der Waals surface area contributed by atoms with Crippen molar-refractivity contribution in [1.29, 1.82) is 0 Å². The quantitative estimate of drug-likeness (QED) is 0.119. The van der Waals surface area contributed by atoms with Gasteiger partial charge in [-0.05, 0) is 109 Å². The highest BCUT2D eigenvalue weighted by Gasteiger charge is 2.33. The highest BCUT2D eigenvalue weighted by molar-refractivity contribution is 6.21. The molecule has 1 aliphatic rings. The van der Waals surface area contributed by atoms with Gasteiger partial charge in [-0.15, -0.1) is 0 Å². The molecule has 48 heavy (non-hydrogen) atoms. The van der Waals surface area contributed by atoms with E-state index in [4.69, 9.17) is 9.47 Å². The van der Waals surface area contributed by atoms with Gasteiger partial charge in [0.1, 0.15) is 23.0 Å². The number of aryl methyl sites for hydroxylation is 2. The molecule has 8 heteroatoms. The Balaban J connectivity index is 1.12. The second-order valence-corrected chi connectivity index (χ2v) is 12.4. The Bertz CT molecular complexity index is 2070. The summed E-state index contributed by atoms with van der Waals surface area (Å²) < 4.78 is 12.1. The molecule has 5 aromatic rings. The molecule has 0 fully saturated rings. The maximum absolute atomic E-state index is 13.2. The number of anilines is 1. The van der Waals surface area contributed by atoms with Crippen LogP contribution in [0.2, 0.25) is 0 Å². The van der Waals surface area contributed by atoms with Crippen LogP contribution in [0.5, 0.6) is 23.0 Å². The molecule has 1 heterocycles. The summed E-state index contributed by atoms with van der Waals surface area (Å²) in [6.07, 6.45) is 0.537. The highest BCUT2D eigenvalue weighted by Crippen LogP contribution is 2.36. The summed E-state index contributed by atoms with van der Waals surface area (Å²) in [4.78, 5) is 51.8. The van der Waals surface area contributed by atoms with Gasteiger partial charge in [0.15, 0.2) is 0 Å². The van der Waals surface area contributed by atoms with Gasteiger partial charge in [0.2, 0.25) is 6.41 Å². The van der Waals surface area contributed by atoms with Gasteiger partial charge >= 0.3 is 0 Å². The number of imide groups is 2. The van der Waals surface area contributed by atoms with Crippen LogP contribution in [-0.4, -0.2) is 36.1 Å². The minimum absolute atomic E-state index is 0.312. The van der Waals surface area contributed by atoms with Crippen LogP contribution in [0.4, 0.5) is 5.69 Å². The first-order chi connectivity index (χ1) is 23.0. The van der Waals surface area contributed by atoms with E-state index in [0.717, 1.165) is 26.5 Å². The number of carbonyl (C=O) groups is 4. The van der Waals surface area contributed by atoms with Crippen molar-refractivity contribution in [2.45, 2.75) is 33.1 Å². The minimum Gasteiger partial charge on any atom is -0.457 e. The van der Waals surface area contributed by atoms with E-state index in [1.54, 1.807) is 48.5 Å². The Labute approximate surface area is 279 Å². The van der Waals surface area contributed by atoms with Gasteiger partial charge in [-0.25, -0.2) is 4.90 Å². The number of carbonyl (C=O) groups excluding carboxylic acids is 4. The molecule has 0 bridgehead atoms. The van der Waals surface area contributed by atoms with Crippen LogP contribution >= 0.6 is 0 Å².